The Balaban J connectivity index is 2.01. The van der Waals surface area contributed by atoms with Gasteiger partial charge in [-0.25, -0.2) is 0 Å². The summed E-state index contributed by atoms with van der Waals surface area (Å²) in [5.74, 6) is 0.863. The maximum atomic E-state index is 2.33. The molecule has 0 amide bonds. The van der Waals surface area contributed by atoms with Crippen molar-refractivity contribution in [3.8, 4) is 10.4 Å². The molecule has 102 valence electrons. The summed E-state index contributed by atoms with van der Waals surface area (Å²) in [6.45, 7) is 4.61. The largest absolute Gasteiger partial charge is 0.140 e. The highest BCUT2D eigenvalue weighted by molar-refractivity contribution is 7.15. The van der Waals surface area contributed by atoms with Gasteiger partial charge in [0, 0.05) is 9.75 Å². The van der Waals surface area contributed by atoms with Gasteiger partial charge in [-0.05, 0) is 30.0 Å². The molecule has 0 fully saturated rings. The average molecular weight is 272 g/mol. The fourth-order valence-electron chi connectivity index (χ4n) is 2.47. The summed E-state index contributed by atoms with van der Waals surface area (Å²) >= 11 is 1.96. The van der Waals surface area contributed by atoms with Crippen LogP contribution in [-0.4, -0.2) is 0 Å². The number of hydrogen-bond acceptors (Lipinski definition) is 1. The molecule has 0 saturated carbocycles. The predicted octanol–water partition coefficient (Wildman–Crippen LogP) is 6.17. The third-order valence-corrected chi connectivity index (χ3v) is 4.91. The molecule has 0 spiro atoms. The van der Waals surface area contributed by atoms with Crippen molar-refractivity contribution in [1.82, 2.24) is 0 Å². The van der Waals surface area contributed by atoms with Crippen LogP contribution in [0.25, 0.3) is 10.4 Å². The minimum atomic E-state index is 0.863. The Morgan fingerprint density at radius 1 is 1.00 bits per heavy atom. The van der Waals surface area contributed by atoms with E-state index in [4.69, 9.17) is 0 Å². The van der Waals surface area contributed by atoms with E-state index in [1.807, 2.05) is 11.3 Å². The fourth-order valence-corrected chi connectivity index (χ4v) is 3.60. The molecule has 19 heavy (non-hydrogen) atoms. The van der Waals surface area contributed by atoms with Crippen LogP contribution in [-0.2, 0) is 6.42 Å². The van der Waals surface area contributed by atoms with Crippen LogP contribution in [0.4, 0.5) is 0 Å². The molecule has 0 aliphatic carbocycles. The lowest BCUT2D eigenvalue weighted by Gasteiger charge is -2.12. The Morgan fingerprint density at radius 3 is 2.47 bits per heavy atom. The van der Waals surface area contributed by atoms with E-state index in [0.29, 0.717) is 0 Å². The minimum Gasteiger partial charge on any atom is -0.140 e. The van der Waals surface area contributed by atoms with Crippen LogP contribution >= 0.6 is 11.3 Å². The van der Waals surface area contributed by atoms with Crippen molar-refractivity contribution in [2.75, 3.05) is 0 Å². The lowest BCUT2D eigenvalue weighted by atomic mass is 9.95. The van der Waals surface area contributed by atoms with Crippen molar-refractivity contribution in [2.24, 2.45) is 5.92 Å². The second-order valence-electron chi connectivity index (χ2n) is 5.25. The van der Waals surface area contributed by atoms with Crippen molar-refractivity contribution in [1.29, 1.82) is 0 Å². The molecule has 1 atom stereocenters. The number of benzene rings is 1. The highest BCUT2D eigenvalue weighted by Gasteiger charge is 2.09. The van der Waals surface area contributed by atoms with Crippen LogP contribution < -0.4 is 0 Å². The monoisotopic (exact) mass is 272 g/mol. The van der Waals surface area contributed by atoms with Crippen LogP contribution in [0.5, 0.6) is 0 Å². The molecular formula is C18H24S. The quantitative estimate of drug-likeness (QED) is 0.565. The van der Waals surface area contributed by atoms with Crippen molar-refractivity contribution in [3.63, 3.8) is 0 Å². The number of rotatable bonds is 7. The Morgan fingerprint density at radius 2 is 1.79 bits per heavy atom. The first-order valence-electron chi connectivity index (χ1n) is 7.47. The van der Waals surface area contributed by atoms with Crippen LogP contribution in [0.15, 0.2) is 42.5 Å². The Hall–Kier alpha value is -1.08. The number of hydrogen-bond donors (Lipinski definition) is 0. The van der Waals surface area contributed by atoms with Gasteiger partial charge >= 0.3 is 0 Å². The summed E-state index contributed by atoms with van der Waals surface area (Å²) < 4.78 is 0. The summed E-state index contributed by atoms with van der Waals surface area (Å²) in [5.41, 5.74) is 1.35. The molecule has 1 heterocycles. The van der Waals surface area contributed by atoms with Gasteiger partial charge in [-0.1, -0.05) is 69.9 Å². The van der Waals surface area contributed by atoms with E-state index in [2.05, 4.69) is 56.3 Å². The molecule has 0 radical (unpaired) electrons. The summed E-state index contributed by atoms with van der Waals surface area (Å²) in [7, 11) is 0. The van der Waals surface area contributed by atoms with Gasteiger partial charge in [-0.2, -0.15) is 0 Å². The van der Waals surface area contributed by atoms with Gasteiger partial charge in [0.25, 0.3) is 0 Å². The van der Waals surface area contributed by atoms with Crippen LogP contribution in [0.2, 0.25) is 0 Å². The van der Waals surface area contributed by atoms with Gasteiger partial charge in [0.2, 0.25) is 0 Å². The maximum absolute atomic E-state index is 2.33. The molecule has 1 aromatic carbocycles. The second kappa shape index (κ2) is 7.49. The van der Waals surface area contributed by atoms with E-state index in [-0.39, 0.29) is 0 Å². The first-order valence-corrected chi connectivity index (χ1v) is 8.29. The lowest BCUT2D eigenvalue weighted by molar-refractivity contribution is 0.452. The average Bonchev–Trinajstić information content (AvgIpc) is 2.93. The zero-order valence-electron chi connectivity index (χ0n) is 12.1. The van der Waals surface area contributed by atoms with E-state index < -0.39 is 0 Å². The van der Waals surface area contributed by atoms with Crippen molar-refractivity contribution < 1.29 is 0 Å². The second-order valence-corrected chi connectivity index (χ2v) is 6.42. The molecule has 1 unspecified atom stereocenters. The molecule has 2 rings (SSSR count). The van der Waals surface area contributed by atoms with Crippen molar-refractivity contribution in [3.05, 3.63) is 47.3 Å². The van der Waals surface area contributed by atoms with Gasteiger partial charge in [-0.3, -0.25) is 0 Å². The van der Waals surface area contributed by atoms with E-state index in [1.165, 1.54) is 42.5 Å². The molecule has 0 saturated heterocycles. The number of thiophene rings is 1. The highest BCUT2D eigenvalue weighted by Crippen LogP contribution is 2.30. The summed E-state index contributed by atoms with van der Waals surface area (Å²) in [5, 5.41) is 0. The van der Waals surface area contributed by atoms with Crippen LogP contribution in [0.1, 0.15) is 44.4 Å². The molecule has 0 aliphatic rings. The molecule has 0 N–H and O–H groups in total. The topological polar surface area (TPSA) is 0 Å². The van der Waals surface area contributed by atoms with Crippen LogP contribution in [0, 0.1) is 5.92 Å². The standard InChI is InChI=1S/C18H24S/c1-3-5-9-15(4-2)14-17-12-13-18(19-17)16-10-7-6-8-11-16/h6-8,10-13,15H,3-5,9,14H2,1-2H3. The smallest absolute Gasteiger partial charge is 0.0345 e. The van der Waals surface area contributed by atoms with Gasteiger partial charge in [-0.15, -0.1) is 11.3 Å². The maximum Gasteiger partial charge on any atom is 0.0345 e. The molecular weight excluding hydrogens is 248 g/mol. The fraction of sp³-hybridized carbons (Fsp3) is 0.444. The molecule has 1 aromatic heterocycles. The number of unbranched alkanes of at least 4 members (excludes halogenated alkanes) is 1. The molecule has 0 aliphatic heterocycles. The third kappa shape index (κ3) is 4.21. The Labute approximate surface area is 121 Å². The zero-order chi connectivity index (χ0) is 13.5. The molecule has 0 bridgehead atoms. The van der Waals surface area contributed by atoms with Gasteiger partial charge in [0.05, 0.1) is 0 Å². The first kappa shape index (κ1) is 14.3. The van der Waals surface area contributed by atoms with E-state index in [1.54, 1.807) is 4.88 Å². The molecule has 1 heteroatoms. The van der Waals surface area contributed by atoms with Crippen LogP contribution in [0.3, 0.4) is 0 Å². The van der Waals surface area contributed by atoms with E-state index in [0.717, 1.165) is 5.92 Å². The van der Waals surface area contributed by atoms with Crippen molar-refractivity contribution >= 4 is 11.3 Å². The minimum absolute atomic E-state index is 0.863. The SMILES string of the molecule is CCCCC(CC)Cc1ccc(-c2ccccc2)s1. The zero-order valence-corrected chi connectivity index (χ0v) is 12.9. The first-order chi connectivity index (χ1) is 9.33. The summed E-state index contributed by atoms with van der Waals surface area (Å²) in [6, 6.07) is 15.3. The van der Waals surface area contributed by atoms with Gasteiger partial charge in [0.1, 0.15) is 0 Å². The highest BCUT2D eigenvalue weighted by atomic mass is 32.1. The summed E-state index contributed by atoms with van der Waals surface area (Å²) in [4.78, 5) is 2.95. The third-order valence-electron chi connectivity index (χ3n) is 3.75. The summed E-state index contributed by atoms with van der Waals surface area (Å²) in [6.07, 6.45) is 6.63. The normalized spacial score (nSPS) is 12.5. The predicted molar refractivity (Wildman–Crippen MR) is 86.8 cm³/mol. The molecule has 2 aromatic rings. The van der Waals surface area contributed by atoms with Gasteiger partial charge < -0.3 is 0 Å². The Kier molecular flexibility index (Phi) is 5.65. The Bertz CT molecular complexity index is 469. The van der Waals surface area contributed by atoms with E-state index in [9.17, 15) is 0 Å². The van der Waals surface area contributed by atoms with Gasteiger partial charge in [0.15, 0.2) is 0 Å². The van der Waals surface area contributed by atoms with Crippen molar-refractivity contribution in [2.45, 2.75) is 46.0 Å². The lowest BCUT2D eigenvalue weighted by Crippen LogP contribution is -2.01. The van der Waals surface area contributed by atoms with E-state index >= 15 is 0 Å². The molecule has 0 nitrogen and oxygen atoms in total.